The molecular formula is C26H26O4. The summed E-state index contributed by atoms with van der Waals surface area (Å²) in [6.45, 7) is 0.867. The van der Waals surface area contributed by atoms with E-state index in [0.29, 0.717) is 13.2 Å². The minimum absolute atomic E-state index is 0.0485. The van der Waals surface area contributed by atoms with Gasteiger partial charge in [0, 0.05) is 0 Å². The maximum atomic E-state index is 11.5. The number of aliphatic carboxylic acids is 1. The van der Waals surface area contributed by atoms with Crippen LogP contribution in [0.15, 0.2) is 90.7 Å². The quantitative estimate of drug-likeness (QED) is 0.253. The Morgan fingerprint density at radius 1 is 0.800 bits per heavy atom. The Morgan fingerprint density at radius 3 is 2.07 bits per heavy atom. The van der Waals surface area contributed by atoms with E-state index in [2.05, 4.69) is 12.1 Å². The van der Waals surface area contributed by atoms with Crippen molar-refractivity contribution in [2.75, 3.05) is 6.61 Å². The summed E-state index contributed by atoms with van der Waals surface area (Å²) in [6, 6.07) is 27.5. The minimum atomic E-state index is -1.07. The maximum Gasteiger partial charge on any atom is 0.371 e. The lowest BCUT2D eigenvalue weighted by atomic mass is 10.1. The smallest absolute Gasteiger partial charge is 0.371 e. The number of hydrogen-bond acceptors (Lipinski definition) is 3. The molecule has 0 atom stereocenters. The van der Waals surface area contributed by atoms with E-state index in [1.54, 1.807) is 6.08 Å². The standard InChI is InChI=1S/C26H26O4/c27-26(28)25(29-18-8-7-11-21-9-3-1-4-10-21)19-22-14-16-24(17-15-22)30-20-23-12-5-2-6-13-23/h1-6,9-10,12-17,19H,7-8,11,18,20H2,(H,27,28). The molecule has 0 amide bonds. The van der Waals surface area contributed by atoms with E-state index < -0.39 is 5.97 Å². The first-order chi connectivity index (χ1) is 14.7. The van der Waals surface area contributed by atoms with Crippen molar-refractivity contribution in [3.8, 4) is 5.75 Å². The van der Waals surface area contributed by atoms with Crippen molar-refractivity contribution in [3.05, 3.63) is 107 Å². The molecule has 0 fully saturated rings. The Morgan fingerprint density at radius 2 is 1.43 bits per heavy atom. The topological polar surface area (TPSA) is 55.8 Å². The summed E-state index contributed by atoms with van der Waals surface area (Å²) in [7, 11) is 0. The van der Waals surface area contributed by atoms with Gasteiger partial charge in [-0.1, -0.05) is 72.8 Å². The monoisotopic (exact) mass is 402 g/mol. The highest BCUT2D eigenvalue weighted by molar-refractivity contribution is 5.89. The average Bonchev–Trinajstić information content (AvgIpc) is 2.79. The molecule has 0 saturated carbocycles. The molecule has 30 heavy (non-hydrogen) atoms. The molecule has 0 aliphatic rings. The van der Waals surface area contributed by atoms with Gasteiger partial charge in [-0.3, -0.25) is 0 Å². The first-order valence-corrected chi connectivity index (χ1v) is 10.1. The minimum Gasteiger partial charge on any atom is -0.489 e. The number of carboxylic acid groups (broad SMARTS) is 1. The number of unbranched alkanes of at least 4 members (excludes halogenated alkanes) is 1. The van der Waals surface area contributed by atoms with E-state index in [-0.39, 0.29) is 5.76 Å². The number of aryl methyl sites for hydroxylation is 1. The van der Waals surface area contributed by atoms with Gasteiger partial charge in [-0.15, -0.1) is 0 Å². The van der Waals surface area contributed by atoms with E-state index >= 15 is 0 Å². The highest BCUT2D eigenvalue weighted by Crippen LogP contribution is 2.17. The van der Waals surface area contributed by atoms with Crippen LogP contribution in [0.3, 0.4) is 0 Å². The van der Waals surface area contributed by atoms with E-state index in [0.717, 1.165) is 36.1 Å². The van der Waals surface area contributed by atoms with Crippen LogP contribution in [0.1, 0.15) is 29.5 Å². The Balaban J connectivity index is 1.47. The van der Waals surface area contributed by atoms with Gasteiger partial charge in [0.25, 0.3) is 0 Å². The average molecular weight is 402 g/mol. The second-order valence-corrected chi connectivity index (χ2v) is 6.95. The second-order valence-electron chi connectivity index (χ2n) is 6.95. The van der Waals surface area contributed by atoms with Gasteiger partial charge >= 0.3 is 5.97 Å². The van der Waals surface area contributed by atoms with Gasteiger partial charge in [-0.25, -0.2) is 4.79 Å². The molecule has 3 rings (SSSR count). The number of hydrogen-bond donors (Lipinski definition) is 1. The van der Waals surface area contributed by atoms with Gasteiger partial charge in [-0.2, -0.15) is 0 Å². The fourth-order valence-electron chi connectivity index (χ4n) is 2.98. The summed E-state index contributed by atoms with van der Waals surface area (Å²) >= 11 is 0. The third-order valence-corrected chi connectivity index (χ3v) is 4.60. The van der Waals surface area contributed by atoms with Gasteiger partial charge in [-0.05, 0) is 54.2 Å². The predicted molar refractivity (Wildman–Crippen MR) is 118 cm³/mol. The molecule has 0 aromatic heterocycles. The Hall–Kier alpha value is -3.53. The normalized spacial score (nSPS) is 11.1. The number of ether oxygens (including phenoxy) is 2. The van der Waals surface area contributed by atoms with Crippen molar-refractivity contribution >= 4 is 12.0 Å². The van der Waals surface area contributed by atoms with Crippen molar-refractivity contribution in [2.24, 2.45) is 0 Å². The lowest BCUT2D eigenvalue weighted by Gasteiger charge is -2.08. The first-order valence-electron chi connectivity index (χ1n) is 10.1. The van der Waals surface area contributed by atoms with Gasteiger partial charge < -0.3 is 14.6 Å². The molecule has 0 aliphatic carbocycles. The molecule has 0 unspecified atom stereocenters. The van der Waals surface area contributed by atoms with E-state index in [9.17, 15) is 9.90 Å². The van der Waals surface area contributed by atoms with Crippen molar-refractivity contribution in [1.82, 2.24) is 0 Å². The highest BCUT2D eigenvalue weighted by Gasteiger charge is 2.09. The molecule has 3 aromatic carbocycles. The molecular weight excluding hydrogens is 376 g/mol. The van der Waals surface area contributed by atoms with Crippen molar-refractivity contribution < 1.29 is 19.4 Å². The summed E-state index contributed by atoms with van der Waals surface area (Å²) < 4.78 is 11.3. The maximum absolute atomic E-state index is 11.5. The Labute approximate surface area is 177 Å². The van der Waals surface area contributed by atoms with Crippen LogP contribution < -0.4 is 4.74 Å². The number of carboxylic acids is 1. The summed E-state index contributed by atoms with van der Waals surface area (Å²) in [5, 5.41) is 9.42. The molecule has 4 heteroatoms. The van der Waals surface area contributed by atoms with Gasteiger partial charge in [0.15, 0.2) is 0 Å². The zero-order valence-corrected chi connectivity index (χ0v) is 16.9. The summed E-state index contributed by atoms with van der Waals surface area (Å²) in [5.41, 5.74) is 3.13. The van der Waals surface area contributed by atoms with Gasteiger partial charge in [0.1, 0.15) is 12.4 Å². The lowest BCUT2D eigenvalue weighted by Crippen LogP contribution is -2.06. The largest absolute Gasteiger partial charge is 0.489 e. The predicted octanol–water partition coefficient (Wildman–Crippen LogP) is 5.73. The summed E-state index contributed by atoms with van der Waals surface area (Å²) in [6.07, 6.45) is 4.25. The van der Waals surface area contributed by atoms with Crippen molar-refractivity contribution in [1.29, 1.82) is 0 Å². The van der Waals surface area contributed by atoms with Crippen LogP contribution in [0.4, 0.5) is 0 Å². The van der Waals surface area contributed by atoms with E-state index in [1.807, 2.05) is 72.8 Å². The van der Waals surface area contributed by atoms with E-state index in [4.69, 9.17) is 9.47 Å². The van der Waals surface area contributed by atoms with Crippen molar-refractivity contribution in [2.45, 2.75) is 25.9 Å². The summed E-state index contributed by atoms with van der Waals surface area (Å²) in [5.74, 6) is -0.384. The first kappa shape index (κ1) is 21.2. The van der Waals surface area contributed by atoms with Crippen LogP contribution in [0.5, 0.6) is 5.75 Å². The molecule has 0 radical (unpaired) electrons. The molecule has 3 aromatic rings. The van der Waals surface area contributed by atoms with Crippen molar-refractivity contribution in [3.63, 3.8) is 0 Å². The zero-order chi connectivity index (χ0) is 21.0. The molecule has 0 aliphatic heterocycles. The molecule has 0 heterocycles. The molecule has 4 nitrogen and oxygen atoms in total. The molecule has 1 N–H and O–H groups in total. The van der Waals surface area contributed by atoms with Crippen LogP contribution in [-0.2, 0) is 22.6 Å². The number of carbonyl (C=O) groups is 1. The van der Waals surface area contributed by atoms with Crippen LogP contribution in [-0.4, -0.2) is 17.7 Å². The third kappa shape index (κ3) is 7.13. The number of benzene rings is 3. The van der Waals surface area contributed by atoms with Gasteiger partial charge in [0.2, 0.25) is 5.76 Å². The van der Waals surface area contributed by atoms with Crippen LogP contribution in [0.2, 0.25) is 0 Å². The second kappa shape index (κ2) is 11.5. The van der Waals surface area contributed by atoms with Gasteiger partial charge in [0.05, 0.1) is 6.61 Å². The molecule has 0 bridgehead atoms. The molecule has 0 saturated heterocycles. The zero-order valence-electron chi connectivity index (χ0n) is 16.9. The summed E-state index contributed by atoms with van der Waals surface area (Å²) in [4.78, 5) is 11.5. The lowest BCUT2D eigenvalue weighted by molar-refractivity contribution is -0.136. The van der Waals surface area contributed by atoms with Crippen LogP contribution in [0.25, 0.3) is 6.08 Å². The Kier molecular flexibility index (Phi) is 8.10. The third-order valence-electron chi connectivity index (χ3n) is 4.60. The highest BCUT2D eigenvalue weighted by atomic mass is 16.5. The molecule has 0 spiro atoms. The SMILES string of the molecule is O=C(O)C(=Cc1ccc(OCc2ccccc2)cc1)OCCCCc1ccccc1. The fourth-order valence-corrected chi connectivity index (χ4v) is 2.98. The fraction of sp³-hybridized carbons (Fsp3) is 0.192. The van der Waals surface area contributed by atoms with Crippen LogP contribution in [0, 0.1) is 0 Å². The number of rotatable bonds is 11. The van der Waals surface area contributed by atoms with Crippen LogP contribution >= 0.6 is 0 Å². The molecule has 154 valence electrons. The Bertz CT molecular complexity index is 932. The van der Waals surface area contributed by atoms with E-state index in [1.165, 1.54) is 5.56 Å².